The number of fused-ring (bicyclic) bond motifs is 2. The number of nitrogens with zero attached hydrogens (tertiary/aromatic N) is 2. The van der Waals surface area contributed by atoms with Gasteiger partial charge in [-0.25, -0.2) is 23.5 Å². The molecule has 0 aromatic carbocycles. The van der Waals surface area contributed by atoms with Gasteiger partial charge in [-0.1, -0.05) is 9.32 Å². The van der Waals surface area contributed by atoms with Crippen molar-refractivity contribution in [2.45, 2.75) is 51.3 Å². The SMILES string of the molecule is CC(C)(C)OC(=O)NCCONC(=O)[C@@H]1CC[C@@H]2CN1C(=O)N2OOS(=O)(=O)[O-].[Na+]. The Morgan fingerprint density at radius 3 is 2.53 bits per heavy atom. The third-order valence-corrected chi connectivity index (χ3v) is 4.09. The minimum atomic E-state index is -5.15. The number of hydroxylamine groups is 3. The zero-order valence-corrected chi connectivity index (χ0v) is 19.9. The molecule has 2 fully saturated rings. The van der Waals surface area contributed by atoms with Crippen LogP contribution < -0.4 is 40.4 Å². The Balaban J connectivity index is 0.00000450. The number of urea groups is 1. The first-order valence-electron chi connectivity index (χ1n) is 8.68. The first-order chi connectivity index (χ1) is 13.4. The molecule has 4 amide bonds. The monoisotopic (exact) mass is 462 g/mol. The molecule has 30 heavy (non-hydrogen) atoms. The summed E-state index contributed by atoms with van der Waals surface area (Å²) >= 11 is 0. The summed E-state index contributed by atoms with van der Waals surface area (Å²) in [5.41, 5.74) is 1.55. The molecule has 0 saturated carbocycles. The molecule has 2 N–H and O–H groups in total. The van der Waals surface area contributed by atoms with Crippen LogP contribution in [-0.2, 0) is 34.1 Å². The van der Waals surface area contributed by atoms with Crippen molar-refractivity contribution >= 4 is 28.4 Å². The van der Waals surface area contributed by atoms with Crippen LogP contribution in [0.4, 0.5) is 9.59 Å². The van der Waals surface area contributed by atoms with E-state index in [4.69, 9.17) is 9.57 Å². The van der Waals surface area contributed by atoms with Crippen LogP contribution in [-0.4, -0.2) is 78.3 Å². The largest absolute Gasteiger partial charge is 1.00 e. The number of rotatable bonds is 8. The van der Waals surface area contributed by atoms with Gasteiger partial charge >= 0.3 is 41.7 Å². The molecule has 166 valence electrons. The van der Waals surface area contributed by atoms with Crippen molar-refractivity contribution < 1.29 is 75.8 Å². The predicted molar refractivity (Wildman–Crippen MR) is 90.9 cm³/mol. The summed E-state index contributed by atoms with van der Waals surface area (Å²) < 4.78 is 40.1. The molecule has 0 spiro atoms. The van der Waals surface area contributed by atoms with E-state index in [1.165, 1.54) is 0 Å². The third kappa shape index (κ3) is 8.14. The molecule has 0 aromatic rings. The first-order valence-corrected chi connectivity index (χ1v) is 10.0. The van der Waals surface area contributed by atoms with E-state index in [1.54, 1.807) is 20.8 Å². The molecular formula is C14H23N4NaO10S. The van der Waals surface area contributed by atoms with Crippen LogP contribution in [0.15, 0.2) is 0 Å². The second kappa shape index (κ2) is 10.9. The van der Waals surface area contributed by atoms with Crippen molar-refractivity contribution in [2.75, 3.05) is 19.7 Å². The van der Waals surface area contributed by atoms with Gasteiger partial charge in [0.25, 0.3) is 5.91 Å². The number of amides is 4. The third-order valence-electron chi connectivity index (χ3n) is 3.86. The molecule has 2 atom stereocenters. The van der Waals surface area contributed by atoms with Crippen LogP contribution in [0.2, 0.25) is 0 Å². The summed E-state index contributed by atoms with van der Waals surface area (Å²) in [5, 5.41) is 3.05. The average molecular weight is 462 g/mol. The maximum absolute atomic E-state index is 12.3. The van der Waals surface area contributed by atoms with E-state index in [9.17, 15) is 27.4 Å². The van der Waals surface area contributed by atoms with Gasteiger partial charge in [0, 0.05) is 13.1 Å². The Bertz CT molecular complexity index is 743. The molecule has 14 nitrogen and oxygen atoms in total. The minimum Gasteiger partial charge on any atom is -0.724 e. The Hall–Kier alpha value is -1.20. The zero-order chi connectivity index (χ0) is 21.8. The standard InChI is InChI=1S/C14H24N4O10S.Na/c1-14(2,3)26-12(20)15-6-7-25-16-11(19)10-5-4-9-8-17(10)13(21)18(9)27-28-29(22,23)24;/h9-10H,4-8H2,1-3H3,(H,15,20)(H,16,19)(H,22,23,24);/q;+1/p-1/t9-,10+;/m1./s1. The molecule has 2 aliphatic rings. The molecule has 2 aliphatic heterocycles. The van der Waals surface area contributed by atoms with Crippen molar-refractivity contribution in [1.82, 2.24) is 20.8 Å². The minimum absolute atomic E-state index is 0. The van der Waals surface area contributed by atoms with Crippen molar-refractivity contribution in [2.24, 2.45) is 0 Å². The number of ether oxygens (including phenoxy) is 1. The summed E-state index contributed by atoms with van der Waals surface area (Å²) in [5.74, 6) is -0.603. The second-order valence-corrected chi connectivity index (χ2v) is 8.25. The van der Waals surface area contributed by atoms with E-state index >= 15 is 0 Å². The predicted octanol–water partition coefficient (Wildman–Crippen LogP) is -3.85. The second-order valence-electron chi connectivity index (χ2n) is 7.30. The zero-order valence-electron chi connectivity index (χ0n) is 17.1. The fraction of sp³-hybridized carbons (Fsp3) is 0.786. The summed E-state index contributed by atoms with van der Waals surface area (Å²) in [4.78, 5) is 46.4. The number of piperidine rings is 1. The van der Waals surface area contributed by atoms with Crippen LogP contribution >= 0.6 is 0 Å². The number of hydrogen-bond donors (Lipinski definition) is 2. The maximum atomic E-state index is 12.3. The van der Waals surface area contributed by atoms with Crippen LogP contribution in [0.3, 0.4) is 0 Å². The summed E-state index contributed by atoms with van der Waals surface area (Å²) in [6.45, 7) is 5.27. The van der Waals surface area contributed by atoms with Gasteiger partial charge in [0.2, 0.25) is 10.4 Å². The molecule has 16 heteroatoms. The Labute approximate surface area is 195 Å². The average Bonchev–Trinajstić information content (AvgIpc) is 2.81. The molecular weight excluding hydrogens is 439 g/mol. The molecule has 2 heterocycles. The van der Waals surface area contributed by atoms with Crippen LogP contribution in [0.5, 0.6) is 0 Å². The molecule has 0 aromatic heterocycles. The van der Waals surface area contributed by atoms with Gasteiger partial charge in [0.05, 0.1) is 12.6 Å². The number of nitrogens with one attached hydrogen (secondary N) is 2. The molecule has 0 aliphatic carbocycles. The van der Waals surface area contributed by atoms with Gasteiger partial charge in [0.15, 0.2) is 0 Å². The molecule has 2 rings (SSSR count). The van der Waals surface area contributed by atoms with Gasteiger partial charge in [-0.3, -0.25) is 9.63 Å². The quantitative estimate of drug-likeness (QED) is 0.0907. The van der Waals surface area contributed by atoms with Crippen molar-refractivity contribution in [3.63, 3.8) is 0 Å². The van der Waals surface area contributed by atoms with Crippen molar-refractivity contribution in [3.8, 4) is 0 Å². The first kappa shape index (κ1) is 26.8. The number of carbonyl (C=O) groups excluding carboxylic acids is 3. The van der Waals surface area contributed by atoms with E-state index < -0.39 is 46.1 Å². The molecule has 2 saturated heterocycles. The number of alkyl carbamates (subject to hydrolysis) is 1. The smallest absolute Gasteiger partial charge is 0.724 e. The Morgan fingerprint density at radius 1 is 1.27 bits per heavy atom. The number of hydrogen-bond acceptors (Lipinski definition) is 10. The summed E-state index contributed by atoms with van der Waals surface area (Å²) in [6, 6.07) is -2.26. The van der Waals surface area contributed by atoms with E-state index in [0.717, 1.165) is 4.90 Å². The van der Waals surface area contributed by atoms with E-state index in [0.29, 0.717) is 11.5 Å². The fourth-order valence-corrected chi connectivity index (χ4v) is 2.92. The van der Waals surface area contributed by atoms with Gasteiger partial charge < -0.3 is 19.5 Å². The van der Waals surface area contributed by atoms with E-state index in [-0.39, 0.29) is 55.7 Å². The van der Waals surface area contributed by atoms with Gasteiger partial charge in [-0.15, -0.1) is 0 Å². The molecule has 0 unspecified atom stereocenters. The van der Waals surface area contributed by atoms with Gasteiger partial charge in [-0.2, -0.15) is 5.06 Å². The molecule has 2 bridgehead atoms. The fourth-order valence-electron chi connectivity index (χ4n) is 2.78. The van der Waals surface area contributed by atoms with Crippen molar-refractivity contribution in [3.05, 3.63) is 0 Å². The van der Waals surface area contributed by atoms with Crippen LogP contribution in [0.1, 0.15) is 33.6 Å². The van der Waals surface area contributed by atoms with E-state index in [1.807, 2.05) is 0 Å². The number of carbonyl (C=O) groups is 3. The normalized spacial score (nSPS) is 21.1. The van der Waals surface area contributed by atoms with E-state index in [2.05, 4.69) is 20.1 Å². The summed E-state index contributed by atoms with van der Waals surface area (Å²) in [7, 11) is -5.15. The Morgan fingerprint density at radius 2 is 1.93 bits per heavy atom. The van der Waals surface area contributed by atoms with Gasteiger partial charge in [0.1, 0.15) is 11.6 Å². The van der Waals surface area contributed by atoms with Crippen LogP contribution in [0.25, 0.3) is 0 Å². The molecule has 0 radical (unpaired) electrons. The summed E-state index contributed by atoms with van der Waals surface area (Å²) in [6.07, 6.45) is -0.0649. The van der Waals surface area contributed by atoms with Crippen LogP contribution in [0, 0.1) is 0 Å². The Kier molecular flexibility index (Phi) is 9.75. The topological polar surface area (TPSA) is 176 Å². The van der Waals surface area contributed by atoms with Crippen molar-refractivity contribution in [1.29, 1.82) is 0 Å². The van der Waals surface area contributed by atoms with Gasteiger partial charge in [-0.05, 0) is 33.6 Å². The maximum Gasteiger partial charge on any atom is 1.00 e.